The Morgan fingerprint density at radius 2 is 2.00 bits per heavy atom. The van der Waals surface area contributed by atoms with Gasteiger partial charge in [-0.1, -0.05) is 23.7 Å². The average Bonchev–Trinajstić information content (AvgIpc) is 2.32. The van der Waals surface area contributed by atoms with E-state index in [4.69, 9.17) is 16.7 Å². The highest BCUT2D eigenvalue weighted by molar-refractivity contribution is 6.30. The molecule has 0 bridgehead atoms. The molecule has 1 aromatic rings. The van der Waals surface area contributed by atoms with E-state index in [1.54, 1.807) is 18.2 Å². The molecule has 0 aromatic heterocycles. The molecular formula is C14H13ClO3. The Kier molecular flexibility index (Phi) is 3.82. The summed E-state index contributed by atoms with van der Waals surface area (Å²) in [4.78, 5) is 22.3. The van der Waals surface area contributed by atoms with Crippen molar-refractivity contribution in [1.82, 2.24) is 0 Å². The van der Waals surface area contributed by atoms with Crippen LogP contribution in [0, 0.1) is 5.92 Å². The molecule has 0 saturated carbocycles. The van der Waals surface area contributed by atoms with E-state index in [1.807, 2.05) is 12.1 Å². The fraction of sp³-hybridized carbons (Fsp3) is 0.286. The van der Waals surface area contributed by atoms with E-state index in [0.717, 1.165) is 11.1 Å². The van der Waals surface area contributed by atoms with Crippen LogP contribution in [-0.4, -0.2) is 16.9 Å². The number of allylic oxidation sites excluding steroid dienone is 2. The third-order valence-corrected chi connectivity index (χ3v) is 3.35. The Bertz CT molecular complexity index is 502. The van der Waals surface area contributed by atoms with Crippen LogP contribution in [0.2, 0.25) is 5.02 Å². The summed E-state index contributed by atoms with van der Waals surface area (Å²) in [7, 11) is 0. The molecule has 1 aliphatic carbocycles. The summed E-state index contributed by atoms with van der Waals surface area (Å²) in [5, 5.41) is 9.53. The molecule has 0 unspecified atom stereocenters. The molecule has 3 nitrogen and oxygen atoms in total. The quantitative estimate of drug-likeness (QED) is 0.912. The van der Waals surface area contributed by atoms with Gasteiger partial charge in [0.1, 0.15) is 0 Å². The van der Waals surface area contributed by atoms with Crippen LogP contribution in [0.15, 0.2) is 30.3 Å². The van der Waals surface area contributed by atoms with Gasteiger partial charge in [0.2, 0.25) is 0 Å². The zero-order valence-corrected chi connectivity index (χ0v) is 10.5. The highest BCUT2D eigenvalue weighted by Crippen LogP contribution is 2.34. The zero-order chi connectivity index (χ0) is 13.1. The van der Waals surface area contributed by atoms with Gasteiger partial charge >= 0.3 is 5.97 Å². The van der Waals surface area contributed by atoms with Crippen molar-refractivity contribution in [3.63, 3.8) is 0 Å². The average molecular weight is 265 g/mol. The van der Waals surface area contributed by atoms with Gasteiger partial charge in [0.25, 0.3) is 0 Å². The summed E-state index contributed by atoms with van der Waals surface area (Å²) in [5.41, 5.74) is 1.68. The number of benzene rings is 1. The van der Waals surface area contributed by atoms with Crippen LogP contribution < -0.4 is 0 Å². The second-order valence-corrected chi connectivity index (χ2v) is 4.84. The number of carbonyl (C=O) groups excluding carboxylic acids is 1. The lowest BCUT2D eigenvalue weighted by molar-refractivity contribution is -0.138. The van der Waals surface area contributed by atoms with Crippen LogP contribution in [0.1, 0.15) is 24.8 Å². The molecule has 94 valence electrons. The molecule has 0 spiro atoms. The number of halogens is 1. The van der Waals surface area contributed by atoms with Crippen molar-refractivity contribution >= 4 is 28.9 Å². The van der Waals surface area contributed by atoms with E-state index < -0.39 is 5.97 Å². The van der Waals surface area contributed by atoms with Crippen molar-refractivity contribution in [2.24, 2.45) is 5.92 Å². The van der Waals surface area contributed by atoms with Crippen LogP contribution in [0.4, 0.5) is 0 Å². The molecule has 0 fully saturated rings. The summed E-state index contributed by atoms with van der Waals surface area (Å²) in [6.07, 6.45) is 2.65. The molecule has 4 heteroatoms. The maximum absolute atomic E-state index is 11.5. The van der Waals surface area contributed by atoms with Crippen molar-refractivity contribution in [2.75, 3.05) is 0 Å². The minimum absolute atomic E-state index is 0.0570. The van der Waals surface area contributed by atoms with Gasteiger partial charge in [-0.25, -0.2) is 0 Å². The summed E-state index contributed by atoms with van der Waals surface area (Å²) in [5.74, 6) is -0.878. The number of carboxylic acid groups (broad SMARTS) is 1. The first-order chi connectivity index (χ1) is 8.56. The lowest BCUT2D eigenvalue weighted by Crippen LogP contribution is -2.16. The summed E-state index contributed by atoms with van der Waals surface area (Å²) in [6, 6.07) is 7.13. The Labute approximate surface area is 110 Å². The number of carboxylic acids is 1. The van der Waals surface area contributed by atoms with Crippen LogP contribution in [0.5, 0.6) is 0 Å². The second-order valence-electron chi connectivity index (χ2n) is 4.41. The summed E-state index contributed by atoms with van der Waals surface area (Å²) in [6.45, 7) is 0. The van der Waals surface area contributed by atoms with E-state index >= 15 is 0 Å². The van der Waals surface area contributed by atoms with Crippen molar-refractivity contribution in [1.29, 1.82) is 0 Å². The van der Waals surface area contributed by atoms with E-state index in [9.17, 15) is 9.59 Å². The van der Waals surface area contributed by atoms with Crippen molar-refractivity contribution in [3.05, 3.63) is 40.9 Å². The van der Waals surface area contributed by atoms with Crippen molar-refractivity contribution in [2.45, 2.75) is 19.3 Å². The molecule has 0 radical (unpaired) electrons. The highest BCUT2D eigenvalue weighted by atomic mass is 35.5. The fourth-order valence-corrected chi connectivity index (χ4v) is 2.35. The predicted octanol–water partition coefficient (Wildman–Crippen LogP) is 3.18. The number of ketones is 1. The molecule has 1 aliphatic rings. The van der Waals surface area contributed by atoms with Gasteiger partial charge in [0.05, 0.1) is 6.42 Å². The second kappa shape index (κ2) is 5.36. The largest absolute Gasteiger partial charge is 0.481 e. The smallest absolute Gasteiger partial charge is 0.303 e. The highest BCUT2D eigenvalue weighted by Gasteiger charge is 2.24. The van der Waals surface area contributed by atoms with Gasteiger partial charge in [-0.15, -0.1) is 0 Å². The predicted molar refractivity (Wildman–Crippen MR) is 69.4 cm³/mol. The fourth-order valence-electron chi connectivity index (χ4n) is 2.22. The molecule has 1 atom stereocenters. The number of rotatable bonds is 3. The third-order valence-electron chi connectivity index (χ3n) is 3.09. The Morgan fingerprint density at radius 1 is 1.33 bits per heavy atom. The maximum Gasteiger partial charge on any atom is 0.303 e. The Balaban J connectivity index is 2.33. The molecule has 0 aliphatic heterocycles. The molecule has 1 aromatic carbocycles. The van der Waals surface area contributed by atoms with Crippen LogP contribution >= 0.6 is 11.6 Å². The lowest BCUT2D eigenvalue weighted by atomic mass is 9.81. The van der Waals surface area contributed by atoms with Gasteiger partial charge in [-0.2, -0.15) is 0 Å². The standard InChI is InChI=1S/C14H13ClO3/c15-11-4-1-9(2-5-11)13-8-12(16)6-3-10(13)7-14(17)18/h1-2,4-5,8,10H,3,6-7H2,(H,17,18)/t10-/m0/s1. The molecule has 0 heterocycles. The number of aliphatic carboxylic acids is 1. The first-order valence-corrected chi connectivity index (χ1v) is 6.16. The van der Waals surface area contributed by atoms with Gasteiger partial charge in [0, 0.05) is 11.4 Å². The maximum atomic E-state index is 11.5. The number of carbonyl (C=O) groups is 2. The molecule has 18 heavy (non-hydrogen) atoms. The summed E-state index contributed by atoms with van der Waals surface area (Å²) < 4.78 is 0. The molecule has 1 N–H and O–H groups in total. The number of hydrogen-bond donors (Lipinski definition) is 1. The normalized spacial score (nSPS) is 19.5. The molecule has 0 saturated heterocycles. The van der Waals surface area contributed by atoms with Crippen LogP contribution in [-0.2, 0) is 9.59 Å². The number of hydrogen-bond acceptors (Lipinski definition) is 2. The molecular weight excluding hydrogens is 252 g/mol. The zero-order valence-electron chi connectivity index (χ0n) is 9.73. The van der Waals surface area contributed by atoms with Gasteiger partial charge in [-0.05, 0) is 41.7 Å². The van der Waals surface area contributed by atoms with Crippen LogP contribution in [0.3, 0.4) is 0 Å². The topological polar surface area (TPSA) is 54.4 Å². The van der Waals surface area contributed by atoms with Gasteiger partial charge < -0.3 is 5.11 Å². The van der Waals surface area contributed by atoms with Crippen molar-refractivity contribution in [3.8, 4) is 0 Å². The van der Waals surface area contributed by atoms with Gasteiger partial charge in [0.15, 0.2) is 5.78 Å². The minimum atomic E-state index is -0.839. The molecule has 0 amide bonds. The lowest BCUT2D eigenvalue weighted by Gasteiger charge is -2.22. The monoisotopic (exact) mass is 264 g/mol. The first-order valence-electron chi connectivity index (χ1n) is 5.78. The van der Waals surface area contributed by atoms with Gasteiger partial charge in [-0.3, -0.25) is 9.59 Å². The SMILES string of the molecule is O=C(O)C[C@@H]1CCC(=O)C=C1c1ccc(Cl)cc1. The minimum Gasteiger partial charge on any atom is -0.481 e. The van der Waals surface area contributed by atoms with Crippen molar-refractivity contribution < 1.29 is 14.7 Å². The third kappa shape index (κ3) is 2.99. The van der Waals surface area contributed by atoms with E-state index in [-0.39, 0.29) is 18.1 Å². The van der Waals surface area contributed by atoms with E-state index in [1.165, 1.54) is 0 Å². The van der Waals surface area contributed by atoms with E-state index in [2.05, 4.69) is 0 Å². The first kappa shape index (κ1) is 12.8. The van der Waals surface area contributed by atoms with E-state index in [0.29, 0.717) is 17.9 Å². The summed E-state index contributed by atoms with van der Waals surface area (Å²) >= 11 is 5.82. The van der Waals surface area contributed by atoms with Crippen LogP contribution in [0.25, 0.3) is 5.57 Å². The molecule has 2 rings (SSSR count). The Hall–Kier alpha value is -1.61. The Morgan fingerprint density at radius 3 is 2.61 bits per heavy atom.